The van der Waals surface area contributed by atoms with E-state index in [1.54, 1.807) is 0 Å². The van der Waals surface area contributed by atoms with Crippen LogP contribution in [0, 0.1) is 11.8 Å². The third-order valence-electron chi connectivity index (χ3n) is 7.34. The van der Waals surface area contributed by atoms with Gasteiger partial charge in [-0.05, 0) is 48.8 Å². The molecule has 0 bridgehead atoms. The molecule has 3 aliphatic rings. The molecule has 4 nitrogen and oxygen atoms in total. The predicted octanol–water partition coefficient (Wildman–Crippen LogP) is 5.69. The number of hydrogen-bond acceptors (Lipinski definition) is 4. The first kappa shape index (κ1) is 21.0. The molecule has 1 aromatic heterocycles. The minimum absolute atomic E-state index is 0.634. The molecule has 0 saturated carbocycles. The van der Waals surface area contributed by atoms with Gasteiger partial charge in [-0.25, -0.2) is 0 Å². The fourth-order valence-corrected chi connectivity index (χ4v) is 5.06. The van der Waals surface area contributed by atoms with Gasteiger partial charge in [0.05, 0.1) is 5.69 Å². The second-order valence-electron chi connectivity index (χ2n) is 9.63. The largest absolute Gasteiger partial charge is 0.368 e. The first-order valence-corrected chi connectivity index (χ1v) is 12.1. The van der Waals surface area contributed by atoms with Crippen molar-refractivity contribution in [2.45, 2.75) is 40.0 Å². The number of aromatic nitrogens is 2. The van der Waals surface area contributed by atoms with Gasteiger partial charge in [0, 0.05) is 49.1 Å². The summed E-state index contributed by atoms with van der Waals surface area (Å²) in [5.74, 6) is 2.31. The van der Waals surface area contributed by atoms with E-state index in [4.69, 9.17) is 10.2 Å². The van der Waals surface area contributed by atoms with Gasteiger partial charge in [0.2, 0.25) is 0 Å². The van der Waals surface area contributed by atoms with Crippen molar-refractivity contribution < 1.29 is 0 Å². The molecule has 2 atom stereocenters. The molecule has 32 heavy (non-hydrogen) atoms. The Morgan fingerprint density at radius 2 is 1.66 bits per heavy atom. The van der Waals surface area contributed by atoms with Gasteiger partial charge in [-0.3, -0.25) is 0 Å². The maximum absolute atomic E-state index is 4.76. The van der Waals surface area contributed by atoms with Gasteiger partial charge >= 0.3 is 0 Å². The summed E-state index contributed by atoms with van der Waals surface area (Å²) in [7, 11) is 0. The Morgan fingerprint density at radius 1 is 0.906 bits per heavy atom. The van der Waals surface area contributed by atoms with Gasteiger partial charge < -0.3 is 9.80 Å². The van der Waals surface area contributed by atoms with Crippen molar-refractivity contribution in [1.82, 2.24) is 15.1 Å². The van der Waals surface area contributed by atoms with E-state index in [1.165, 1.54) is 27.6 Å². The van der Waals surface area contributed by atoms with Crippen LogP contribution >= 0.6 is 0 Å². The molecule has 1 aromatic carbocycles. The van der Waals surface area contributed by atoms with Crippen molar-refractivity contribution in [3.8, 4) is 0 Å². The van der Waals surface area contributed by atoms with Crippen molar-refractivity contribution in [3.63, 3.8) is 0 Å². The Kier molecular flexibility index (Phi) is 5.86. The highest BCUT2D eigenvalue weighted by atomic mass is 15.3. The lowest BCUT2D eigenvalue weighted by Gasteiger charge is -2.39. The lowest BCUT2D eigenvalue weighted by atomic mass is 9.92. The van der Waals surface area contributed by atoms with Gasteiger partial charge in [0.15, 0.2) is 5.82 Å². The van der Waals surface area contributed by atoms with E-state index in [-0.39, 0.29) is 0 Å². The molecule has 0 amide bonds. The lowest BCUT2D eigenvalue weighted by molar-refractivity contribution is 0.321. The van der Waals surface area contributed by atoms with Gasteiger partial charge in [0.1, 0.15) is 0 Å². The Bertz CT molecular complexity index is 1120. The van der Waals surface area contributed by atoms with Crippen LogP contribution in [-0.2, 0) is 6.42 Å². The summed E-state index contributed by atoms with van der Waals surface area (Å²) >= 11 is 0. The molecule has 4 heteroatoms. The van der Waals surface area contributed by atoms with Gasteiger partial charge in [-0.15, -0.1) is 5.10 Å². The zero-order chi connectivity index (χ0) is 22.1. The normalized spacial score (nSPS) is 23.8. The van der Waals surface area contributed by atoms with Crippen molar-refractivity contribution in [2.75, 3.05) is 31.1 Å². The number of allylic oxidation sites excluding steroid dienone is 7. The molecule has 2 aromatic rings. The molecule has 166 valence electrons. The van der Waals surface area contributed by atoms with Gasteiger partial charge in [-0.2, -0.15) is 5.10 Å². The topological polar surface area (TPSA) is 32.3 Å². The highest BCUT2D eigenvalue weighted by molar-refractivity contribution is 5.93. The molecule has 1 saturated heterocycles. The zero-order valence-electron chi connectivity index (χ0n) is 19.6. The number of anilines is 1. The van der Waals surface area contributed by atoms with Crippen LogP contribution in [0.3, 0.4) is 0 Å². The molecule has 5 rings (SSSR count). The van der Waals surface area contributed by atoms with Crippen LogP contribution in [0.2, 0.25) is 0 Å². The molecule has 1 aliphatic heterocycles. The number of hydrogen-bond donors (Lipinski definition) is 0. The molecule has 2 unspecified atom stereocenters. The first-order chi connectivity index (χ1) is 15.6. The van der Waals surface area contributed by atoms with E-state index in [0.29, 0.717) is 11.8 Å². The molecule has 0 spiro atoms. The summed E-state index contributed by atoms with van der Waals surface area (Å²) < 4.78 is 0. The van der Waals surface area contributed by atoms with Crippen LogP contribution in [0.15, 0.2) is 71.5 Å². The fourth-order valence-electron chi connectivity index (χ4n) is 5.06. The molecule has 0 radical (unpaired) electrons. The van der Waals surface area contributed by atoms with Crippen LogP contribution < -0.4 is 4.90 Å². The molecule has 0 N–H and O–H groups in total. The van der Waals surface area contributed by atoms with Crippen LogP contribution in [0.25, 0.3) is 10.8 Å². The smallest absolute Gasteiger partial charge is 0.159 e. The number of piperazine rings is 1. The van der Waals surface area contributed by atoms with E-state index in [9.17, 15) is 0 Å². The quantitative estimate of drug-likeness (QED) is 0.629. The Labute approximate surface area is 192 Å². The molecule has 2 heterocycles. The second kappa shape index (κ2) is 8.93. The van der Waals surface area contributed by atoms with Crippen molar-refractivity contribution in [1.29, 1.82) is 0 Å². The summed E-state index contributed by atoms with van der Waals surface area (Å²) in [6, 6.07) is 8.66. The summed E-state index contributed by atoms with van der Waals surface area (Å²) in [4.78, 5) is 4.97. The maximum Gasteiger partial charge on any atom is 0.159 e. The van der Waals surface area contributed by atoms with E-state index < -0.39 is 0 Å². The summed E-state index contributed by atoms with van der Waals surface area (Å²) in [6.45, 7) is 10.9. The Morgan fingerprint density at radius 3 is 2.41 bits per heavy atom. The van der Waals surface area contributed by atoms with Crippen LogP contribution in [0.5, 0.6) is 0 Å². The number of rotatable bonds is 4. The molecular weight excluding hydrogens is 392 g/mol. The van der Waals surface area contributed by atoms with Crippen LogP contribution in [0.4, 0.5) is 5.82 Å². The van der Waals surface area contributed by atoms with Crippen LogP contribution in [-0.4, -0.2) is 41.3 Å². The average molecular weight is 427 g/mol. The van der Waals surface area contributed by atoms with E-state index in [2.05, 4.69) is 85.2 Å². The third-order valence-corrected chi connectivity index (χ3v) is 7.34. The van der Waals surface area contributed by atoms with Crippen molar-refractivity contribution in [2.24, 2.45) is 11.8 Å². The maximum atomic E-state index is 4.76. The van der Waals surface area contributed by atoms with E-state index >= 15 is 0 Å². The minimum atomic E-state index is 0.634. The summed E-state index contributed by atoms with van der Waals surface area (Å²) in [5, 5.41) is 11.9. The van der Waals surface area contributed by atoms with E-state index in [1.807, 2.05) is 0 Å². The predicted molar refractivity (Wildman–Crippen MR) is 134 cm³/mol. The molecule has 2 aliphatic carbocycles. The average Bonchev–Trinajstić information content (AvgIpc) is 2.83. The monoisotopic (exact) mass is 426 g/mol. The molecular formula is C28H34N4. The van der Waals surface area contributed by atoms with Gasteiger partial charge in [0.25, 0.3) is 0 Å². The van der Waals surface area contributed by atoms with Crippen molar-refractivity contribution >= 4 is 16.6 Å². The summed E-state index contributed by atoms with van der Waals surface area (Å²) in [5.41, 5.74) is 5.38. The Hall–Kier alpha value is -2.88. The first-order valence-electron chi connectivity index (χ1n) is 12.1. The fraction of sp³-hybridized carbons (Fsp3) is 0.429. The lowest BCUT2D eigenvalue weighted by Crippen LogP contribution is -2.46. The third kappa shape index (κ3) is 4.11. The minimum Gasteiger partial charge on any atom is -0.368 e. The number of benzene rings is 1. The number of nitrogens with zero attached hydrogens (tertiary/aromatic N) is 4. The van der Waals surface area contributed by atoms with Crippen molar-refractivity contribution in [3.05, 3.63) is 77.2 Å². The molecule has 1 fully saturated rings. The van der Waals surface area contributed by atoms with Gasteiger partial charge in [-0.1, -0.05) is 62.4 Å². The zero-order valence-corrected chi connectivity index (χ0v) is 19.6. The Balaban J connectivity index is 1.36. The highest BCUT2D eigenvalue weighted by Crippen LogP contribution is 2.31. The van der Waals surface area contributed by atoms with Crippen LogP contribution in [0.1, 0.15) is 39.3 Å². The standard InChI is InChI=1S/C28H34N4/c1-20-11-13-23(14-12-20)19-26-24-8-4-5-9-25(24)28(30-29-26)32-17-15-31(16-18-32)27-10-6-7-21(2)22(27)3/h4-6,8-11,13-14,20-21H,7,12,15-19H2,1-3H3. The SMILES string of the molecule is CC1=C(N2CCN(c3nnc(CC4=CCC(C)C=C4)c4ccccc34)CC2)C=CCC1C. The highest BCUT2D eigenvalue weighted by Gasteiger charge is 2.24. The number of fused-ring (bicyclic) bond motifs is 1. The second-order valence-corrected chi connectivity index (χ2v) is 9.63. The van der Waals surface area contributed by atoms with E-state index in [0.717, 1.165) is 57.0 Å². The summed E-state index contributed by atoms with van der Waals surface area (Å²) in [6.07, 6.45) is 14.7.